The number of nitrogens with zero attached hydrogens (tertiary/aromatic N) is 1. The first kappa shape index (κ1) is 10.0. The third kappa shape index (κ3) is 1.82. The van der Waals surface area contributed by atoms with E-state index in [2.05, 4.69) is 4.98 Å². The van der Waals surface area contributed by atoms with Gasteiger partial charge in [-0.1, -0.05) is 11.6 Å². The maximum Gasteiger partial charge on any atom is 0.268 e. The minimum atomic E-state index is -2.91. The molecule has 0 aliphatic rings. The highest BCUT2D eigenvalue weighted by Gasteiger charge is 2.19. The minimum absolute atomic E-state index is 0.172. The summed E-state index contributed by atoms with van der Waals surface area (Å²) in [5.41, 5.74) is -0.781. The molecular formula is C6H2ClF3IN. The van der Waals surface area contributed by atoms with Crippen LogP contribution in [-0.2, 0) is 0 Å². The summed E-state index contributed by atoms with van der Waals surface area (Å²) < 4.78 is 37.0. The van der Waals surface area contributed by atoms with E-state index in [-0.39, 0.29) is 8.72 Å². The van der Waals surface area contributed by atoms with Gasteiger partial charge < -0.3 is 0 Å². The van der Waals surface area contributed by atoms with Crippen LogP contribution < -0.4 is 0 Å². The van der Waals surface area contributed by atoms with E-state index in [1.807, 2.05) is 0 Å². The van der Waals surface area contributed by atoms with Gasteiger partial charge in [0.2, 0.25) is 0 Å². The molecule has 0 saturated carbocycles. The van der Waals surface area contributed by atoms with Gasteiger partial charge in [0, 0.05) is 0 Å². The second kappa shape index (κ2) is 3.78. The zero-order chi connectivity index (χ0) is 9.30. The van der Waals surface area contributed by atoms with Crippen LogP contribution in [-0.4, -0.2) is 4.98 Å². The lowest BCUT2D eigenvalue weighted by Gasteiger charge is -2.04. The molecule has 1 heterocycles. The maximum atomic E-state index is 12.7. The van der Waals surface area contributed by atoms with Crippen molar-refractivity contribution in [2.45, 2.75) is 6.43 Å². The van der Waals surface area contributed by atoms with E-state index in [0.29, 0.717) is 0 Å². The highest BCUT2D eigenvalue weighted by molar-refractivity contribution is 14.1. The molecule has 1 rings (SSSR count). The Kier molecular flexibility index (Phi) is 3.16. The molecule has 12 heavy (non-hydrogen) atoms. The first-order chi connectivity index (χ1) is 5.54. The lowest BCUT2D eigenvalue weighted by Crippen LogP contribution is -1.96. The Hall–Kier alpha value is -0.0400. The Morgan fingerprint density at radius 1 is 1.50 bits per heavy atom. The van der Waals surface area contributed by atoms with E-state index in [1.165, 1.54) is 0 Å². The fraction of sp³-hybridized carbons (Fsp3) is 0.167. The molecule has 0 radical (unpaired) electrons. The standard InChI is InChI=1S/C6H2ClF3IN/c7-4-3(5(9)10)2(8)1-12-6(4)11/h1,5H. The molecule has 6 heteroatoms. The number of alkyl halides is 2. The molecule has 0 N–H and O–H groups in total. The summed E-state index contributed by atoms with van der Waals surface area (Å²) in [6.45, 7) is 0. The molecule has 0 aromatic carbocycles. The molecule has 0 unspecified atom stereocenters. The van der Waals surface area contributed by atoms with Gasteiger partial charge in [-0.05, 0) is 22.6 Å². The van der Waals surface area contributed by atoms with Crippen molar-refractivity contribution in [2.75, 3.05) is 0 Å². The lowest BCUT2D eigenvalue weighted by molar-refractivity contribution is 0.146. The van der Waals surface area contributed by atoms with Gasteiger partial charge in [-0.25, -0.2) is 18.2 Å². The van der Waals surface area contributed by atoms with Crippen molar-refractivity contribution in [1.82, 2.24) is 4.98 Å². The second-order valence-electron chi connectivity index (χ2n) is 1.93. The molecule has 0 bridgehead atoms. The molecule has 0 amide bonds. The van der Waals surface area contributed by atoms with Crippen molar-refractivity contribution in [3.8, 4) is 0 Å². The van der Waals surface area contributed by atoms with Gasteiger partial charge in [-0.15, -0.1) is 0 Å². The zero-order valence-corrected chi connectivity index (χ0v) is 8.41. The summed E-state index contributed by atoms with van der Waals surface area (Å²) in [6, 6.07) is 0. The number of pyridine rings is 1. The summed E-state index contributed by atoms with van der Waals surface area (Å²) in [6.07, 6.45) is -2.18. The van der Waals surface area contributed by atoms with E-state index in [9.17, 15) is 13.2 Å². The fourth-order valence-electron chi connectivity index (χ4n) is 0.656. The van der Waals surface area contributed by atoms with Gasteiger partial charge in [-0.2, -0.15) is 0 Å². The van der Waals surface area contributed by atoms with Gasteiger partial charge in [0.1, 0.15) is 3.70 Å². The number of hydrogen-bond donors (Lipinski definition) is 0. The molecule has 0 atom stereocenters. The lowest BCUT2D eigenvalue weighted by atomic mass is 10.3. The first-order valence-corrected chi connectivity index (χ1v) is 4.27. The van der Waals surface area contributed by atoms with Crippen LogP contribution in [0.5, 0.6) is 0 Å². The largest absolute Gasteiger partial charge is 0.268 e. The Labute approximate surface area is 85.1 Å². The number of hydrogen-bond acceptors (Lipinski definition) is 1. The number of rotatable bonds is 1. The first-order valence-electron chi connectivity index (χ1n) is 2.81. The number of aromatic nitrogens is 1. The van der Waals surface area contributed by atoms with Gasteiger partial charge in [0.25, 0.3) is 6.43 Å². The summed E-state index contributed by atoms with van der Waals surface area (Å²) in [5, 5.41) is -0.314. The summed E-state index contributed by atoms with van der Waals surface area (Å²) in [7, 11) is 0. The molecule has 66 valence electrons. The van der Waals surface area contributed by atoms with Crippen LogP contribution in [0.4, 0.5) is 13.2 Å². The van der Waals surface area contributed by atoms with Crippen molar-refractivity contribution in [3.05, 3.63) is 26.3 Å². The second-order valence-corrected chi connectivity index (χ2v) is 3.33. The fourth-order valence-corrected chi connectivity index (χ4v) is 1.31. The van der Waals surface area contributed by atoms with Crippen LogP contribution >= 0.6 is 34.2 Å². The van der Waals surface area contributed by atoms with Crippen molar-refractivity contribution in [1.29, 1.82) is 0 Å². The Balaban J connectivity index is 3.33. The molecule has 1 aromatic heterocycles. The molecule has 1 nitrogen and oxygen atoms in total. The smallest absolute Gasteiger partial charge is 0.246 e. The average molecular weight is 307 g/mol. The number of halogens is 5. The summed E-state index contributed by atoms with van der Waals surface area (Å²) in [5.74, 6) is -1.07. The van der Waals surface area contributed by atoms with E-state index >= 15 is 0 Å². The highest BCUT2D eigenvalue weighted by Crippen LogP contribution is 2.31. The third-order valence-corrected chi connectivity index (χ3v) is 2.70. The molecule has 0 spiro atoms. The van der Waals surface area contributed by atoms with Crippen molar-refractivity contribution in [3.63, 3.8) is 0 Å². The normalized spacial score (nSPS) is 10.8. The van der Waals surface area contributed by atoms with Gasteiger partial charge in [-0.3, -0.25) is 0 Å². The molecule has 0 saturated heterocycles. The molecule has 0 aliphatic heterocycles. The third-order valence-electron chi connectivity index (χ3n) is 1.18. The average Bonchev–Trinajstić information content (AvgIpc) is 1.97. The molecule has 0 aliphatic carbocycles. The quantitative estimate of drug-likeness (QED) is 0.572. The predicted molar refractivity (Wildman–Crippen MR) is 46.9 cm³/mol. The highest BCUT2D eigenvalue weighted by atomic mass is 127. The Morgan fingerprint density at radius 2 is 2.08 bits per heavy atom. The van der Waals surface area contributed by atoms with Crippen LogP contribution in [0.25, 0.3) is 0 Å². The van der Waals surface area contributed by atoms with Crippen molar-refractivity contribution < 1.29 is 13.2 Å². The summed E-state index contributed by atoms with van der Waals surface area (Å²) >= 11 is 7.06. The van der Waals surface area contributed by atoms with E-state index < -0.39 is 17.8 Å². The van der Waals surface area contributed by atoms with Crippen LogP contribution in [0.2, 0.25) is 5.02 Å². The van der Waals surface area contributed by atoms with Gasteiger partial charge in [0.05, 0.1) is 16.8 Å². The molecule has 1 aromatic rings. The predicted octanol–water partition coefficient (Wildman–Crippen LogP) is 3.42. The van der Waals surface area contributed by atoms with Crippen LogP contribution in [0.15, 0.2) is 6.20 Å². The Bertz CT molecular complexity index is 305. The van der Waals surface area contributed by atoms with Crippen LogP contribution in [0.3, 0.4) is 0 Å². The topological polar surface area (TPSA) is 12.9 Å². The van der Waals surface area contributed by atoms with Gasteiger partial charge in [0.15, 0.2) is 5.82 Å². The van der Waals surface area contributed by atoms with E-state index in [1.54, 1.807) is 22.6 Å². The SMILES string of the molecule is Fc1cnc(I)c(Cl)c1C(F)F. The molecular weight excluding hydrogens is 305 g/mol. The zero-order valence-electron chi connectivity index (χ0n) is 5.49. The van der Waals surface area contributed by atoms with Crippen LogP contribution in [0.1, 0.15) is 12.0 Å². The van der Waals surface area contributed by atoms with Crippen molar-refractivity contribution in [2.24, 2.45) is 0 Å². The van der Waals surface area contributed by atoms with E-state index in [4.69, 9.17) is 11.6 Å². The molecule has 0 fully saturated rings. The van der Waals surface area contributed by atoms with Gasteiger partial charge >= 0.3 is 0 Å². The summed E-state index contributed by atoms with van der Waals surface area (Å²) in [4.78, 5) is 3.47. The monoisotopic (exact) mass is 307 g/mol. The Morgan fingerprint density at radius 3 is 2.50 bits per heavy atom. The minimum Gasteiger partial charge on any atom is -0.246 e. The van der Waals surface area contributed by atoms with E-state index in [0.717, 1.165) is 6.20 Å². The van der Waals surface area contributed by atoms with Crippen LogP contribution in [0, 0.1) is 9.52 Å². The maximum absolute atomic E-state index is 12.7. The van der Waals surface area contributed by atoms with Crippen molar-refractivity contribution >= 4 is 34.2 Å².